The van der Waals surface area contributed by atoms with Gasteiger partial charge in [0.15, 0.2) is 0 Å². The summed E-state index contributed by atoms with van der Waals surface area (Å²) in [6.07, 6.45) is 8.01. The third-order valence-electron chi connectivity index (χ3n) is 4.09. The van der Waals surface area contributed by atoms with Gasteiger partial charge in [-0.1, -0.05) is 0 Å². The Labute approximate surface area is 155 Å². The van der Waals surface area contributed by atoms with Crippen LogP contribution in [0.15, 0.2) is 70.0 Å². The third-order valence-corrected chi connectivity index (χ3v) is 7.14. The van der Waals surface area contributed by atoms with Crippen molar-refractivity contribution in [2.75, 3.05) is 0 Å². The summed E-state index contributed by atoms with van der Waals surface area (Å²) in [7, 11) is 0. The molecular weight excluding hydrogens is 390 g/mol. The molecule has 2 aliphatic carbocycles. The van der Waals surface area contributed by atoms with Crippen molar-refractivity contribution < 1.29 is 47.6 Å². The summed E-state index contributed by atoms with van der Waals surface area (Å²) >= 11 is -0.545. The van der Waals surface area contributed by atoms with E-state index in [1.807, 2.05) is 0 Å². The van der Waals surface area contributed by atoms with Crippen molar-refractivity contribution in [1.29, 1.82) is 0 Å². The summed E-state index contributed by atoms with van der Waals surface area (Å²) in [5.41, 5.74) is 5.87. The molecule has 0 aliphatic heterocycles. The van der Waals surface area contributed by atoms with Gasteiger partial charge >= 0.3 is 131 Å². The van der Waals surface area contributed by atoms with E-state index in [4.69, 9.17) is 0 Å². The molecule has 0 atom stereocenters. The van der Waals surface area contributed by atoms with Crippen molar-refractivity contribution in [3.05, 3.63) is 81.2 Å². The number of hydrogen-bond donors (Lipinski definition) is 0. The molecule has 0 N–H and O–H groups in total. The molecule has 4 rings (SSSR count). The molecule has 0 heterocycles. The van der Waals surface area contributed by atoms with Crippen LogP contribution in [0.2, 0.25) is 0 Å². The van der Waals surface area contributed by atoms with E-state index in [1.165, 1.54) is 28.7 Å². The number of halogens is 2. The predicted molar refractivity (Wildman–Crippen MR) is 81.6 cm³/mol. The summed E-state index contributed by atoms with van der Waals surface area (Å²) in [6, 6.07) is 17.8. The predicted octanol–water partition coefficient (Wildman–Crippen LogP) is -1.46. The van der Waals surface area contributed by atoms with E-state index in [1.54, 1.807) is 3.28 Å². The Morgan fingerprint density at radius 3 is 2.00 bits per heavy atom. The fourth-order valence-corrected chi connectivity index (χ4v) is 5.99. The first kappa shape index (κ1) is 17.6. The minimum absolute atomic E-state index is 0. The van der Waals surface area contributed by atoms with Gasteiger partial charge in [0.05, 0.1) is 0 Å². The molecule has 0 saturated carbocycles. The number of fused-ring (bicyclic) bond motifs is 3. The Bertz CT molecular complexity index is 714. The van der Waals surface area contributed by atoms with Crippen LogP contribution in [0.1, 0.15) is 23.5 Å². The maximum Gasteiger partial charge on any atom is -1.00 e. The maximum absolute atomic E-state index is 2.65. The van der Waals surface area contributed by atoms with E-state index in [9.17, 15) is 0 Å². The number of benzene rings is 2. The average Bonchev–Trinajstić information content (AvgIpc) is 3.11. The molecule has 0 saturated heterocycles. The van der Waals surface area contributed by atoms with Crippen LogP contribution in [0.25, 0.3) is 11.1 Å². The monoisotopic (exact) mass is 403 g/mol. The van der Waals surface area contributed by atoms with Crippen LogP contribution in [-0.4, -0.2) is 3.71 Å². The zero-order valence-corrected chi connectivity index (χ0v) is 15.9. The molecule has 0 nitrogen and oxygen atoms in total. The third kappa shape index (κ3) is 3.13. The van der Waals surface area contributed by atoms with Crippen LogP contribution >= 0.6 is 0 Å². The molecule has 109 valence electrons. The van der Waals surface area contributed by atoms with Gasteiger partial charge in [-0.25, -0.2) is 0 Å². The van der Waals surface area contributed by atoms with E-state index in [-0.39, 0.29) is 24.8 Å². The van der Waals surface area contributed by atoms with E-state index in [0.717, 1.165) is 0 Å². The molecule has 0 bridgehead atoms. The second-order valence-electron chi connectivity index (χ2n) is 5.29. The molecule has 0 radical (unpaired) electrons. The Morgan fingerprint density at radius 2 is 1.45 bits per heavy atom. The standard InChI is InChI=1S/C14H10.C5H5.2ClH.Zr/c1-10-11-6-2-4-8-13(11)14-9-5-3-7-12(10)14;1-2-4-5-3-1;;;/h1-10H;1-3H,4H2;2*1H;/q;;;;+2/p-2. The van der Waals surface area contributed by atoms with Gasteiger partial charge in [-0.2, -0.15) is 0 Å². The first-order valence-electron chi connectivity index (χ1n) is 7.07. The fourth-order valence-electron chi connectivity index (χ4n) is 3.12. The smallest absolute Gasteiger partial charge is 1.00 e. The van der Waals surface area contributed by atoms with Crippen molar-refractivity contribution in [2.45, 2.75) is 12.3 Å². The molecule has 0 amide bonds. The van der Waals surface area contributed by atoms with E-state index in [0.29, 0.717) is 5.92 Å². The molecular formula is C19H15Cl2Zr. The number of rotatable bonds is 2. The van der Waals surface area contributed by atoms with E-state index < -0.39 is 22.8 Å². The van der Waals surface area contributed by atoms with Gasteiger partial charge in [-0.15, -0.1) is 0 Å². The Balaban J connectivity index is 0.000000882. The zero-order chi connectivity index (χ0) is 13.4. The Morgan fingerprint density at radius 1 is 0.864 bits per heavy atom. The molecule has 3 heteroatoms. The van der Waals surface area contributed by atoms with Gasteiger partial charge in [-0.05, 0) is 0 Å². The second kappa shape index (κ2) is 7.69. The van der Waals surface area contributed by atoms with Gasteiger partial charge in [-0.3, -0.25) is 0 Å². The van der Waals surface area contributed by atoms with Crippen LogP contribution in [0, 0.1) is 0 Å². The first-order chi connectivity index (χ1) is 9.93. The van der Waals surface area contributed by atoms with Crippen molar-refractivity contribution in [2.24, 2.45) is 0 Å². The maximum atomic E-state index is 2.65. The summed E-state index contributed by atoms with van der Waals surface area (Å²) in [5, 5.41) is 0. The van der Waals surface area contributed by atoms with Gasteiger partial charge in [0.1, 0.15) is 0 Å². The SMILES string of the molecule is C1=CC[C](/[Zr+2]=[CH]/C2c3ccccc3-c3ccccc32)=C1.[Cl-].[Cl-]. The van der Waals surface area contributed by atoms with Crippen LogP contribution in [0.4, 0.5) is 0 Å². The normalized spacial score (nSPS) is 14.6. The molecule has 22 heavy (non-hydrogen) atoms. The number of allylic oxidation sites excluding steroid dienone is 4. The minimum atomic E-state index is -0.545. The van der Waals surface area contributed by atoms with E-state index in [2.05, 4.69) is 70.5 Å². The summed E-state index contributed by atoms with van der Waals surface area (Å²) in [6.45, 7) is 0. The summed E-state index contributed by atoms with van der Waals surface area (Å²) in [4.78, 5) is 0. The average molecular weight is 405 g/mol. The van der Waals surface area contributed by atoms with Gasteiger partial charge < -0.3 is 24.8 Å². The van der Waals surface area contributed by atoms with Crippen LogP contribution in [0.3, 0.4) is 0 Å². The second-order valence-corrected chi connectivity index (χ2v) is 8.39. The van der Waals surface area contributed by atoms with Gasteiger partial charge in [0.25, 0.3) is 0 Å². The van der Waals surface area contributed by atoms with Gasteiger partial charge in [0.2, 0.25) is 0 Å². The minimum Gasteiger partial charge on any atom is -1.00 e. The summed E-state index contributed by atoms with van der Waals surface area (Å²) < 4.78 is 4.34. The van der Waals surface area contributed by atoms with Crippen molar-refractivity contribution in [3.63, 3.8) is 0 Å². The molecule has 0 aromatic heterocycles. The Kier molecular flexibility index (Phi) is 6.15. The van der Waals surface area contributed by atoms with Gasteiger partial charge in [0, 0.05) is 0 Å². The van der Waals surface area contributed by atoms with E-state index >= 15 is 0 Å². The largest absolute Gasteiger partial charge is 1.00 e. The van der Waals surface area contributed by atoms with Crippen LogP contribution in [0.5, 0.6) is 0 Å². The molecule has 2 aromatic carbocycles. The topological polar surface area (TPSA) is 0 Å². The molecule has 2 aromatic rings. The van der Waals surface area contributed by atoms with Crippen molar-refractivity contribution in [1.82, 2.24) is 0 Å². The molecule has 0 fully saturated rings. The molecule has 2 aliphatic rings. The number of hydrogen-bond acceptors (Lipinski definition) is 0. The van der Waals surface area contributed by atoms with Crippen molar-refractivity contribution >= 4 is 3.71 Å². The fraction of sp³-hybridized carbons (Fsp3) is 0.105. The zero-order valence-electron chi connectivity index (χ0n) is 12.0. The molecule has 0 spiro atoms. The van der Waals surface area contributed by atoms with Crippen LogP contribution < -0.4 is 24.8 Å². The van der Waals surface area contributed by atoms with Crippen LogP contribution in [-0.2, 0) is 22.8 Å². The van der Waals surface area contributed by atoms with Crippen molar-refractivity contribution in [3.8, 4) is 11.1 Å². The summed E-state index contributed by atoms with van der Waals surface area (Å²) in [5.74, 6) is 0.524. The molecule has 0 unspecified atom stereocenters. The Hall–Kier alpha value is -0.747. The quantitative estimate of drug-likeness (QED) is 0.573. The first-order valence-corrected chi connectivity index (χ1v) is 9.72.